The number of likely N-dealkylation sites (N-methyl/N-ethyl adjacent to an activating group) is 2. The summed E-state index contributed by atoms with van der Waals surface area (Å²) < 4.78 is 43.2. The Hall–Kier alpha value is -3.92. The summed E-state index contributed by atoms with van der Waals surface area (Å²) in [6.07, 6.45) is 8.04. The Morgan fingerprint density at radius 1 is 1.08 bits per heavy atom. The van der Waals surface area contributed by atoms with E-state index >= 15 is 0 Å². The predicted molar refractivity (Wildman–Crippen MR) is 140 cm³/mol. The number of rotatable bonds is 3. The molecule has 0 radical (unpaired) electrons. The molecule has 6 rings (SSSR count). The number of carbonyl (C=O) groups excluding carboxylic acids is 1. The van der Waals surface area contributed by atoms with Gasteiger partial charge in [0.25, 0.3) is 0 Å². The zero-order valence-electron chi connectivity index (χ0n) is 21.1. The van der Waals surface area contributed by atoms with Gasteiger partial charge >= 0.3 is 12.2 Å². The van der Waals surface area contributed by atoms with E-state index in [9.17, 15) is 18.0 Å². The van der Waals surface area contributed by atoms with Gasteiger partial charge in [-0.25, -0.2) is 9.79 Å². The largest absolute Gasteiger partial charge is 0.418 e. The van der Waals surface area contributed by atoms with Gasteiger partial charge < -0.3 is 14.7 Å². The standard InChI is InChI=1S/C28H27F3N6O/c1-34-13-15-36(16-14-34)23-9-8-20(17-21(23)28(29,30)31)37-26(38)35(2)25-7-3-6-24-27(25,37)11-10-22(33-24)19-5-4-12-32-18-19/h3-12,17-18,25H,13-16H2,1-2H3. The third kappa shape index (κ3) is 3.74. The molecule has 4 heterocycles. The number of anilines is 2. The van der Waals surface area contributed by atoms with Crippen molar-refractivity contribution in [1.82, 2.24) is 14.8 Å². The van der Waals surface area contributed by atoms with E-state index in [0.717, 1.165) is 11.6 Å². The topological polar surface area (TPSA) is 55.3 Å². The Morgan fingerprint density at radius 2 is 1.87 bits per heavy atom. The number of alkyl halides is 3. The van der Waals surface area contributed by atoms with E-state index in [1.54, 1.807) is 35.3 Å². The number of hydrogen-bond donors (Lipinski definition) is 0. The predicted octanol–water partition coefficient (Wildman–Crippen LogP) is 4.34. The molecule has 0 N–H and O–H groups in total. The number of pyridine rings is 1. The van der Waals surface area contributed by atoms with Gasteiger partial charge in [0.05, 0.1) is 23.0 Å². The normalized spacial score (nSPS) is 25.3. The second-order valence-corrected chi connectivity index (χ2v) is 10.00. The third-order valence-electron chi connectivity index (χ3n) is 7.77. The van der Waals surface area contributed by atoms with Crippen molar-refractivity contribution in [3.05, 3.63) is 89.9 Å². The lowest BCUT2D eigenvalue weighted by molar-refractivity contribution is -0.137. The van der Waals surface area contributed by atoms with Crippen LogP contribution in [0.25, 0.3) is 0 Å². The number of aliphatic imine (C=N–C) groups is 1. The average Bonchev–Trinajstić information content (AvgIpc) is 3.14. The summed E-state index contributed by atoms with van der Waals surface area (Å²) in [5.74, 6) is 0. The maximum Gasteiger partial charge on any atom is 0.418 e. The molecule has 0 saturated carbocycles. The van der Waals surface area contributed by atoms with Crippen LogP contribution in [0.2, 0.25) is 0 Å². The van der Waals surface area contributed by atoms with E-state index in [2.05, 4.69) is 9.88 Å². The average molecular weight is 521 g/mol. The zero-order chi connectivity index (χ0) is 26.7. The van der Waals surface area contributed by atoms with Crippen molar-refractivity contribution in [1.29, 1.82) is 0 Å². The van der Waals surface area contributed by atoms with Crippen molar-refractivity contribution in [2.45, 2.75) is 17.8 Å². The molecule has 38 heavy (non-hydrogen) atoms. The van der Waals surface area contributed by atoms with Gasteiger partial charge in [-0.15, -0.1) is 0 Å². The number of nitrogens with zero attached hydrogens (tertiary/aromatic N) is 6. The summed E-state index contributed by atoms with van der Waals surface area (Å²) >= 11 is 0. The Labute approximate surface area is 218 Å². The number of piperazine rings is 1. The maximum atomic E-state index is 14.4. The van der Waals surface area contributed by atoms with Gasteiger partial charge in [0, 0.05) is 62.6 Å². The molecule has 1 aliphatic carbocycles. The summed E-state index contributed by atoms with van der Waals surface area (Å²) in [5.41, 5.74) is 0.564. The second-order valence-electron chi connectivity index (χ2n) is 10.00. The third-order valence-corrected chi connectivity index (χ3v) is 7.77. The van der Waals surface area contributed by atoms with Crippen LogP contribution in [0.15, 0.2) is 83.8 Å². The summed E-state index contributed by atoms with van der Waals surface area (Å²) in [4.78, 5) is 29.6. The van der Waals surface area contributed by atoms with Crippen LogP contribution in [-0.4, -0.2) is 78.4 Å². The first-order chi connectivity index (χ1) is 18.2. The molecule has 10 heteroatoms. The molecule has 2 atom stereocenters. The monoisotopic (exact) mass is 520 g/mol. The van der Waals surface area contributed by atoms with E-state index in [-0.39, 0.29) is 11.4 Å². The minimum Gasteiger partial charge on any atom is -0.368 e. The number of dihydropyridines is 1. The van der Waals surface area contributed by atoms with Gasteiger partial charge in [0.2, 0.25) is 0 Å². The van der Waals surface area contributed by atoms with Crippen molar-refractivity contribution in [3.8, 4) is 0 Å². The van der Waals surface area contributed by atoms with Gasteiger partial charge in [-0.05, 0) is 55.6 Å². The number of amides is 2. The Bertz CT molecular complexity index is 1390. The van der Waals surface area contributed by atoms with Crippen LogP contribution >= 0.6 is 0 Å². The lowest BCUT2D eigenvalue weighted by atomic mass is 9.80. The van der Waals surface area contributed by atoms with Gasteiger partial charge in [0.1, 0.15) is 5.54 Å². The van der Waals surface area contributed by atoms with Crippen LogP contribution in [0.1, 0.15) is 11.1 Å². The molecule has 2 aromatic rings. The molecule has 2 amide bonds. The fourth-order valence-electron chi connectivity index (χ4n) is 5.76. The highest BCUT2D eigenvalue weighted by molar-refractivity contribution is 6.11. The lowest BCUT2D eigenvalue weighted by Gasteiger charge is -2.42. The molecule has 196 valence electrons. The van der Waals surface area contributed by atoms with Gasteiger partial charge in [-0.3, -0.25) is 9.88 Å². The van der Waals surface area contributed by atoms with Crippen molar-refractivity contribution in [2.75, 3.05) is 50.1 Å². The highest BCUT2D eigenvalue weighted by Crippen LogP contribution is 2.48. The molecule has 1 aromatic carbocycles. The van der Waals surface area contributed by atoms with Crippen molar-refractivity contribution in [2.24, 2.45) is 4.99 Å². The first kappa shape index (κ1) is 24.4. The lowest BCUT2D eigenvalue weighted by Crippen LogP contribution is -2.53. The Morgan fingerprint density at radius 3 is 2.58 bits per heavy atom. The Kier molecular flexibility index (Phi) is 5.68. The number of halogens is 3. The van der Waals surface area contributed by atoms with Crippen LogP contribution in [0.5, 0.6) is 0 Å². The first-order valence-electron chi connectivity index (χ1n) is 12.5. The highest BCUT2D eigenvalue weighted by atomic mass is 19.4. The van der Waals surface area contributed by atoms with Gasteiger partial charge in [0.15, 0.2) is 0 Å². The van der Waals surface area contributed by atoms with Crippen LogP contribution in [0.4, 0.5) is 29.3 Å². The number of carbonyl (C=O) groups is 1. The number of urea groups is 1. The fraction of sp³-hybridized carbons (Fsp3) is 0.321. The Balaban J connectivity index is 1.45. The van der Waals surface area contributed by atoms with E-state index in [4.69, 9.17) is 4.99 Å². The summed E-state index contributed by atoms with van der Waals surface area (Å²) in [6, 6.07) is 7.11. The molecular weight excluding hydrogens is 493 g/mol. The molecule has 0 bridgehead atoms. The van der Waals surface area contributed by atoms with E-state index in [0.29, 0.717) is 37.6 Å². The number of aromatic nitrogens is 1. The summed E-state index contributed by atoms with van der Waals surface area (Å²) in [5, 5.41) is 0. The van der Waals surface area contributed by atoms with Crippen LogP contribution < -0.4 is 9.80 Å². The molecule has 7 nitrogen and oxygen atoms in total. The summed E-state index contributed by atoms with van der Waals surface area (Å²) in [6.45, 7) is 2.37. The van der Waals surface area contributed by atoms with Gasteiger partial charge in [-0.2, -0.15) is 13.2 Å². The summed E-state index contributed by atoms with van der Waals surface area (Å²) in [7, 11) is 3.62. The number of benzene rings is 1. The van der Waals surface area contributed by atoms with E-state index in [1.165, 1.54) is 11.0 Å². The minimum atomic E-state index is -4.58. The van der Waals surface area contributed by atoms with Crippen LogP contribution in [0, 0.1) is 0 Å². The molecule has 3 aliphatic heterocycles. The molecule has 2 fully saturated rings. The van der Waals surface area contributed by atoms with Crippen LogP contribution in [-0.2, 0) is 6.18 Å². The van der Waals surface area contributed by atoms with Crippen LogP contribution in [0.3, 0.4) is 0 Å². The molecule has 4 aliphatic rings. The molecule has 2 saturated heterocycles. The molecular formula is C28H27F3N6O. The SMILES string of the molecule is CN1CCN(c2ccc(N3C(=O)N(C)C4C=CC=C5N=C(c6cccnc6)C=CC543)cc2C(F)(F)F)CC1. The highest BCUT2D eigenvalue weighted by Gasteiger charge is 2.58. The molecule has 1 spiro atoms. The number of allylic oxidation sites excluding steroid dienone is 3. The van der Waals surface area contributed by atoms with E-state index in [1.807, 2.05) is 49.6 Å². The van der Waals surface area contributed by atoms with E-state index < -0.39 is 29.4 Å². The zero-order valence-corrected chi connectivity index (χ0v) is 21.1. The molecule has 1 aromatic heterocycles. The van der Waals surface area contributed by atoms with Crippen molar-refractivity contribution < 1.29 is 18.0 Å². The second kappa shape index (κ2) is 8.83. The first-order valence-corrected chi connectivity index (χ1v) is 12.5. The molecule has 2 unspecified atom stereocenters. The fourth-order valence-corrected chi connectivity index (χ4v) is 5.76. The van der Waals surface area contributed by atoms with Crippen molar-refractivity contribution >= 4 is 23.1 Å². The smallest absolute Gasteiger partial charge is 0.368 e. The number of hydrogen-bond acceptors (Lipinski definition) is 5. The van der Waals surface area contributed by atoms with Crippen molar-refractivity contribution in [3.63, 3.8) is 0 Å². The van der Waals surface area contributed by atoms with Gasteiger partial charge in [-0.1, -0.05) is 12.2 Å². The quantitative estimate of drug-likeness (QED) is 0.604. The minimum absolute atomic E-state index is 0.138. The maximum absolute atomic E-state index is 14.4.